The van der Waals surface area contributed by atoms with Crippen molar-refractivity contribution in [1.82, 2.24) is 28.4 Å². The molecule has 2 aromatic heterocycles. The number of fused-ring (bicyclic) bond motifs is 2. The molecular formula is C26H29F3N6O5S3. The van der Waals surface area contributed by atoms with Crippen LogP contribution in [0.2, 0.25) is 0 Å². The van der Waals surface area contributed by atoms with Crippen LogP contribution in [-0.4, -0.2) is 109 Å². The van der Waals surface area contributed by atoms with Gasteiger partial charge in [-0.25, -0.2) is 21.8 Å². The first-order valence-corrected chi connectivity index (χ1v) is 16.9. The highest BCUT2D eigenvalue weighted by molar-refractivity contribution is 7.90. The van der Waals surface area contributed by atoms with E-state index < -0.39 is 44.0 Å². The Bertz CT molecular complexity index is 1810. The van der Waals surface area contributed by atoms with E-state index in [9.17, 15) is 34.8 Å². The fourth-order valence-corrected chi connectivity index (χ4v) is 8.53. The number of piperazine rings is 1. The summed E-state index contributed by atoms with van der Waals surface area (Å²) in [5, 5.41) is 0.679. The summed E-state index contributed by atoms with van der Waals surface area (Å²) in [4.78, 5) is 25.5. The van der Waals surface area contributed by atoms with Gasteiger partial charge in [-0.3, -0.25) is 4.79 Å². The average molecular weight is 659 g/mol. The largest absolute Gasteiger partial charge is 0.511 e. The van der Waals surface area contributed by atoms with Gasteiger partial charge in [0.05, 0.1) is 5.69 Å². The highest BCUT2D eigenvalue weighted by Crippen LogP contribution is 2.30. The van der Waals surface area contributed by atoms with Crippen molar-refractivity contribution < 1.29 is 34.8 Å². The summed E-state index contributed by atoms with van der Waals surface area (Å²) in [7, 11) is -7.00. The predicted octanol–water partition coefficient (Wildman–Crippen LogP) is 2.28. The van der Waals surface area contributed by atoms with Crippen molar-refractivity contribution in [3.05, 3.63) is 45.4 Å². The predicted molar refractivity (Wildman–Crippen MR) is 154 cm³/mol. The van der Waals surface area contributed by atoms with Crippen LogP contribution in [-0.2, 0) is 33.0 Å². The number of thiazole rings is 1. The second-order valence-corrected chi connectivity index (χ2v) is 15.6. The number of benzene rings is 1. The van der Waals surface area contributed by atoms with Crippen molar-refractivity contribution in [2.45, 2.75) is 36.0 Å². The van der Waals surface area contributed by atoms with E-state index in [2.05, 4.69) is 20.8 Å². The van der Waals surface area contributed by atoms with Gasteiger partial charge < -0.3 is 14.8 Å². The molecule has 0 aliphatic carbocycles. The maximum atomic E-state index is 13.7. The standard InChI is InChI=1S/C26H29F3N6O5S3/c1-4-17-5-6-20-18(13-17)14-23(30-20)42(37,38)34-11-12-35(19(15-34)7-10-33(3)43(39,40)26(27,28)29)25(36)24-31-21-8-9-32(2)16-22(21)41-24/h1,5-6,13-14,19,30H,7-12,15-16H2,2-3H3. The highest BCUT2D eigenvalue weighted by atomic mass is 32.2. The smallest absolute Gasteiger partial charge is 0.345 e. The summed E-state index contributed by atoms with van der Waals surface area (Å²) < 4.78 is 92.0. The minimum atomic E-state index is -5.62. The molecule has 4 heterocycles. The topological polar surface area (TPSA) is 127 Å². The van der Waals surface area contributed by atoms with Crippen LogP contribution in [0.25, 0.3) is 10.9 Å². The van der Waals surface area contributed by atoms with Gasteiger partial charge in [0, 0.05) is 80.1 Å². The van der Waals surface area contributed by atoms with Gasteiger partial charge in [0.15, 0.2) is 5.01 Å². The number of likely N-dealkylation sites (N-methyl/N-ethyl adjacent to an activating group) is 1. The Morgan fingerprint density at radius 3 is 2.65 bits per heavy atom. The van der Waals surface area contributed by atoms with Crippen LogP contribution in [0.3, 0.4) is 0 Å². The van der Waals surface area contributed by atoms with E-state index in [1.54, 1.807) is 18.2 Å². The monoisotopic (exact) mass is 658 g/mol. The lowest BCUT2D eigenvalue weighted by Gasteiger charge is -2.40. The Kier molecular flexibility index (Phi) is 8.39. The van der Waals surface area contributed by atoms with Crippen molar-refractivity contribution >= 4 is 48.2 Å². The van der Waals surface area contributed by atoms with Gasteiger partial charge in [-0.15, -0.1) is 17.8 Å². The van der Waals surface area contributed by atoms with E-state index in [1.165, 1.54) is 22.3 Å². The van der Waals surface area contributed by atoms with Gasteiger partial charge in [0.2, 0.25) is 0 Å². The fourth-order valence-electron chi connectivity index (χ4n) is 5.20. The number of carbonyl (C=O) groups is 1. The number of aromatic amines is 1. The Hall–Kier alpha value is -3.01. The molecule has 0 spiro atoms. The minimum Gasteiger partial charge on any atom is -0.345 e. The summed E-state index contributed by atoms with van der Waals surface area (Å²) in [6.07, 6.45) is 5.88. The van der Waals surface area contributed by atoms with E-state index in [-0.39, 0.29) is 40.4 Å². The number of rotatable bonds is 7. The lowest BCUT2D eigenvalue weighted by Crippen LogP contribution is -2.57. The molecule has 1 fully saturated rings. The first kappa shape index (κ1) is 31.4. The molecule has 1 amide bonds. The zero-order chi connectivity index (χ0) is 31.3. The van der Waals surface area contributed by atoms with Crippen LogP contribution in [0.4, 0.5) is 13.2 Å². The highest BCUT2D eigenvalue weighted by Gasteiger charge is 2.49. The molecule has 11 nitrogen and oxygen atoms in total. The number of hydrogen-bond acceptors (Lipinski definition) is 8. The second-order valence-electron chi connectivity index (χ2n) is 10.5. The van der Waals surface area contributed by atoms with Gasteiger partial charge in [-0.05, 0) is 37.7 Å². The molecule has 232 valence electrons. The number of H-pyrrole nitrogens is 1. The third-order valence-electron chi connectivity index (χ3n) is 7.67. The molecule has 2 aliphatic heterocycles. The zero-order valence-corrected chi connectivity index (χ0v) is 25.7. The Morgan fingerprint density at radius 1 is 1.21 bits per heavy atom. The van der Waals surface area contributed by atoms with E-state index in [0.717, 1.165) is 28.5 Å². The number of hydrogen-bond donors (Lipinski definition) is 1. The van der Waals surface area contributed by atoms with E-state index >= 15 is 0 Å². The van der Waals surface area contributed by atoms with Crippen molar-refractivity contribution in [2.24, 2.45) is 0 Å². The second kappa shape index (κ2) is 11.5. The molecule has 1 atom stereocenters. The molecule has 43 heavy (non-hydrogen) atoms. The summed E-state index contributed by atoms with van der Waals surface area (Å²) in [5.74, 6) is 2.02. The number of halogens is 3. The Morgan fingerprint density at radius 2 is 1.95 bits per heavy atom. The summed E-state index contributed by atoms with van der Waals surface area (Å²) in [6, 6.07) is 5.50. The Labute approximate surface area is 251 Å². The molecule has 0 radical (unpaired) electrons. The number of nitrogens with one attached hydrogen (secondary N) is 1. The first-order chi connectivity index (χ1) is 20.1. The molecule has 5 rings (SSSR count). The molecule has 17 heteroatoms. The lowest BCUT2D eigenvalue weighted by molar-refractivity contribution is -0.0484. The molecular weight excluding hydrogens is 630 g/mol. The van der Waals surface area contributed by atoms with Gasteiger partial charge in [-0.2, -0.15) is 21.8 Å². The maximum Gasteiger partial charge on any atom is 0.511 e. The van der Waals surface area contributed by atoms with E-state index in [1.807, 2.05) is 7.05 Å². The number of amides is 1. The van der Waals surface area contributed by atoms with E-state index in [0.29, 0.717) is 29.4 Å². The number of terminal acetylenes is 1. The van der Waals surface area contributed by atoms with Crippen LogP contribution in [0.5, 0.6) is 0 Å². The molecule has 2 aliphatic rings. The van der Waals surface area contributed by atoms with E-state index in [4.69, 9.17) is 6.42 Å². The van der Waals surface area contributed by atoms with Crippen LogP contribution in [0, 0.1) is 12.3 Å². The van der Waals surface area contributed by atoms with Crippen molar-refractivity contribution in [1.29, 1.82) is 0 Å². The number of alkyl halides is 3. The molecule has 1 N–H and O–H groups in total. The molecule has 3 aromatic rings. The molecule has 1 saturated heterocycles. The SMILES string of the molecule is C#Cc1ccc2[nH]c(S(=O)(=O)N3CCN(C(=O)c4nc5c(s4)CN(C)CC5)C(CCN(C)S(=O)(=O)C(F)(F)F)C3)cc2c1. The van der Waals surface area contributed by atoms with Crippen LogP contribution >= 0.6 is 11.3 Å². The summed E-state index contributed by atoms with van der Waals surface area (Å²) >= 11 is 1.23. The minimum absolute atomic E-state index is 0.0654. The van der Waals surface area contributed by atoms with Crippen LogP contribution in [0.15, 0.2) is 29.3 Å². The number of nitrogens with zero attached hydrogens (tertiary/aromatic N) is 5. The van der Waals surface area contributed by atoms with Gasteiger partial charge in [0.25, 0.3) is 15.9 Å². The molecule has 0 saturated carbocycles. The van der Waals surface area contributed by atoms with Gasteiger partial charge >= 0.3 is 15.5 Å². The first-order valence-electron chi connectivity index (χ1n) is 13.2. The molecule has 1 unspecified atom stereocenters. The number of carbonyl (C=O) groups excluding carboxylic acids is 1. The third kappa shape index (κ3) is 6.04. The lowest BCUT2D eigenvalue weighted by atomic mass is 10.1. The van der Waals surface area contributed by atoms with Crippen LogP contribution in [0.1, 0.15) is 32.4 Å². The van der Waals surface area contributed by atoms with Gasteiger partial charge in [0.1, 0.15) is 5.03 Å². The van der Waals surface area contributed by atoms with Crippen molar-refractivity contribution in [2.75, 3.05) is 46.8 Å². The van der Waals surface area contributed by atoms with Crippen molar-refractivity contribution in [3.8, 4) is 12.3 Å². The number of aromatic nitrogens is 2. The van der Waals surface area contributed by atoms with Gasteiger partial charge in [-0.1, -0.05) is 5.92 Å². The molecule has 0 bridgehead atoms. The van der Waals surface area contributed by atoms with Crippen molar-refractivity contribution in [3.63, 3.8) is 0 Å². The normalized spacial score (nSPS) is 19.1. The quantitative estimate of drug-likeness (QED) is 0.386. The molecule has 1 aromatic carbocycles. The zero-order valence-electron chi connectivity index (χ0n) is 23.3. The summed E-state index contributed by atoms with van der Waals surface area (Å²) in [6.45, 7) is 0.409. The third-order valence-corrected chi connectivity index (χ3v) is 12.1. The fraction of sp³-hybridized carbons (Fsp3) is 0.462. The van der Waals surface area contributed by atoms with Crippen LogP contribution < -0.4 is 0 Å². The number of sulfonamides is 2. The average Bonchev–Trinajstić information content (AvgIpc) is 3.58. The summed E-state index contributed by atoms with van der Waals surface area (Å²) in [5.41, 5.74) is -3.58. The maximum absolute atomic E-state index is 13.7. The Balaban J connectivity index is 1.42.